The first-order chi connectivity index (χ1) is 10.8. The second-order valence-electron chi connectivity index (χ2n) is 5.56. The lowest BCUT2D eigenvalue weighted by Gasteiger charge is -2.16. The van der Waals surface area contributed by atoms with Gasteiger partial charge in [0.1, 0.15) is 12.7 Å². The third-order valence-corrected chi connectivity index (χ3v) is 3.84. The quantitative estimate of drug-likeness (QED) is 0.791. The monoisotopic (exact) mass is 303 g/mol. The number of tetrazole rings is 1. The number of nitrogens with one attached hydrogen (secondary N) is 1. The molecule has 1 fully saturated rings. The first kappa shape index (κ1) is 14.9. The van der Waals surface area contributed by atoms with Crippen molar-refractivity contribution in [2.24, 2.45) is 0 Å². The molecule has 7 nitrogen and oxygen atoms in total. The molecule has 7 heteroatoms. The summed E-state index contributed by atoms with van der Waals surface area (Å²) in [5, 5.41) is 24.8. The lowest BCUT2D eigenvalue weighted by molar-refractivity contribution is 0.0970. The van der Waals surface area contributed by atoms with E-state index in [2.05, 4.69) is 20.8 Å². The Labute approximate surface area is 129 Å². The minimum absolute atomic E-state index is 0.160. The van der Waals surface area contributed by atoms with E-state index in [1.54, 1.807) is 0 Å². The summed E-state index contributed by atoms with van der Waals surface area (Å²) in [6.07, 6.45) is 4.35. The van der Waals surface area contributed by atoms with E-state index in [9.17, 15) is 5.11 Å². The lowest BCUT2D eigenvalue weighted by Crippen LogP contribution is -2.36. The highest BCUT2D eigenvalue weighted by Gasteiger charge is 2.17. The Morgan fingerprint density at radius 1 is 1.27 bits per heavy atom. The molecule has 0 spiro atoms. The second-order valence-corrected chi connectivity index (χ2v) is 5.56. The van der Waals surface area contributed by atoms with Gasteiger partial charge in [0.25, 0.3) is 0 Å². The first-order valence-electron chi connectivity index (χ1n) is 7.71. The molecule has 2 aromatic rings. The van der Waals surface area contributed by atoms with Crippen LogP contribution in [0.3, 0.4) is 0 Å². The van der Waals surface area contributed by atoms with Crippen LogP contribution < -0.4 is 10.1 Å². The number of ether oxygens (including phenoxy) is 1. The molecule has 118 valence electrons. The molecule has 0 radical (unpaired) electrons. The highest BCUT2D eigenvalue weighted by atomic mass is 16.5. The average molecular weight is 303 g/mol. The molecule has 1 aromatic heterocycles. The number of aromatic nitrogens is 4. The zero-order chi connectivity index (χ0) is 15.2. The number of hydrogen-bond acceptors (Lipinski definition) is 6. The molecule has 3 rings (SSSR count). The normalized spacial score (nSPS) is 16.8. The van der Waals surface area contributed by atoms with E-state index >= 15 is 0 Å². The Balaban J connectivity index is 1.50. The molecule has 2 N–H and O–H groups in total. The molecule has 1 heterocycles. The van der Waals surface area contributed by atoms with Crippen LogP contribution in [0.5, 0.6) is 6.01 Å². The zero-order valence-corrected chi connectivity index (χ0v) is 12.4. The van der Waals surface area contributed by atoms with Crippen molar-refractivity contribution >= 4 is 0 Å². The van der Waals surface area contributed by atoms with E-state index in [1.165, 1.54) is 30.4 Å². The third kappa shape index (κ3) is 3.80. The summed E-state index contributed by atoms with van der Waals surface area (Å²) < 4.78 is 7.06. The molecule has 0 saturated heterocycles. The van der Waals surface area contributed by atoms with Gasteiger partial charge in [0.2, 0.25) is 0 Å². The van der Waals surface area contributed by atoms with E-state index in [0.717, 1.165) is 5.69 Å². The topological polar surface area (TPSA) is 85.1 Å². The standard InChI is InChI=1S/C15H21N5O2/c21-14(10-16-12-6-4-5-7-12)11-22-15-17-18-19-20(15)13-8-2-1-3-9-13/h1-3,8-9,12,14,16,21H,4-7,10-11H2. The summed E-state index contributed by atoms with van der Waals surface area (Å²) in [5.41, 5.74) is 0.820. The third-order valence-electron chi connectivity index (χ3n) is 3.84. The summed E-state index contributed by atoms with van der Waals surface area (Å²) in [6.45, 7) is 0.685. The van der Waals surface area contributed by atoms with Crippen molar-refractivity contribution in [2.45, 2.75) is 37.8 Å². The minimum Gasteiger partial charge on any atom is -0.459 e. The van der Waals surface area contributed by atoms with Gasteiger partial charge >= 0.3 is 6.01 Å². The van der Waals surface area contributed by atoms with Gasteiger partial charge in [0.05, 0.1) is 5.69 Å². The summed E-state index contributed by atoms with van der Waals surface area (Å²) in [6, 6.07) is 10.3. The van der Waals surface area contributed by atoms with E-state index in [1.807, 2.05) is 30.3 Å². The Bertz CT molecular complexity index is 568. The van der Waals surface area contributed by atoms with Crippen molar-refractivity contribution in [3.05, 3.63) is 30.3 Å². The number of aliphatic hydroxyl groups excluding tert-OH is 1. The molecule has 0 aliphatic heterocycles. The van der Waals surface area contributed by atoms with Crippen molar-refractivity contribution in [3.63, 3.8) is 0 Å². The van der Waals surface area contributed by atoms with Crippen LogP contribution in [0.2, 0.25) is 0 Å². The van der Waals surface area contributed by atoms with Gasteiger partial charge < -0.3 is 15.2 Å². The van der Waals surface area contributed by atoms with E-state index in [-0.39, 0.29) is 12.6 Å². The fourth-order valence-electron chi connectivity index (χ4n) is 2.66. The van der Waals surface area contributed by atoms with Gasteiger partial charge in [0.15, 0.2) is 0 Å². The van der Waals surface area contributed by atoms with E-state index < -0.39 is 6.10 Å². The summed E-state index contributed by atoms with van der Waals surface area (Å²) in [5.74, 6) is 0. The highest BCUT2D eigenvalue weighted by Crippen LogP contribution is 2.17. The lowest BCUT2D eigenvalue weighted by atomic mass is 10.2. The van der Waals surface area contributed by atoms with Crippen LogP contribution in [0.1, 0.15) is 25.7 Å². The van der Waals surface area contributed by atoms with Crippen LogP contribution in [0.25, 0.3) is 5.69 Å². The van der Waals surface area contributed by atoms with Gasteiger partial charge in [-0.2, -0.15) is 4.68 Å². The molecule has 1 atom stereocenters. The molecule has 0 bridgehead atoms. The predicted molar refractivity (Wildman–Crippen MR) is 80.9 cm³/mol. The molecule has 1 aromatic carbocycles. The fourth-order valence-corrected chi connectivity index (χ4v) is 2.66. The predicted octanol–water partition coefficient (Wildman–Crippen LogP) is 0.934. The van der Waals surface area contributed by atoms with Crippen LogP contribution in [0.15, 0.2) is 30.3 Å². The molecule has 0 amide bonds. The number of para-hydroxylation sites is 1. The number of rotatable bonds is 7. The Kier molecular flexibility index (Phi) is 4.97. The number of nitrogens with zero attached hydrogens (tertiary/aromatic N) is 4. The second kappa shape index (κ2) is 7.33. The highest BCUT2D eigenvalue weighted by molar-refractivity contribution is 5.31. The van der Waals surface area contributed by atoms with E-state index in [0.29, 0.717) is 12.6 Å². The molecular formula is C15H21N5O2. The minimum atomic E-state index is -0.582. The van der Waals surface area contributed by atoms with Gasteiger partial charge in [-0.3, -0.25) is 0 Å². The maximum Gasteiger partial charge on any atom is 0.340 e. The molecule has 1 aliphatic carbocycles. The Hall–Kier alpha value is -1.99. The average Bonchev–Trinajstić information content (AvgIpc) is 3.23. The van der Waals surface area contributed by atoms with Crippen LogP contribution in [0.4, 0.5) is 0 Å². The SMILES string of the molecule is OC(CNC1CCCC1)COc1nnnn1-c1ccccc1. The number of benzene rings is 1. The van der Waals surface area contributed by atoms with Crippen LogP contribution >= 0.6 is 0 Å². The van der Waals surface area contributed by atoms with Gasteiger partial charge in [-0.25, -0.2) is 0 Å². The van der Waals surface area contributed by atoms with Crippen molar-refractivity contribution in [1.29, 1.82) is 0 Å². The molecule has 1 aliphatic rings. The van der Waals surface area contributed by atoms with Crippen LogP contribution in [0, 0.1) is 0 Å². The largest absolute Gasteiger partial charge is 0.459 e. The van der Waals surface area contributed by atoms with Crippen LogP contribution in [-0.2, 0) is 0 Å². The summed E-state index contributed by atoms with van der Waals surface area (Å²) >= 11 is 0. The molecule has 1 saturated carbocycles. The Morgan fingerprint density at radius 3 is 2.82 bits per heavy atom. The van der Waals surface area contributed by atoms with Crippen molar-refractivity contribution in [3.8, 4) is 11.7 Å². The number of hydrogen-bond donors (Lipinski definition) is 2. The van der Waals surface area contributed by atoms with Gasteiger partial charge in [-0.05, 0) is 35.4 Å². The van der Waals surface area contributed by atoms with Gasteiger partial charge in [0, 0.05) is 12.6 Å². The fraction of sp³-hybridized carbons (Fsp3) is 0.533. The van der Waals surface area contributed by atoms with Gasteiger partial charge in [-0.15, -0.1) is 0 Å². The van der Waals surface area contributed by atoms with Crippen LogP contribution in [-0.4, -0.2) is 50.6 Å². The van der Waals surface area contributed by atoms with Crippen molar-refractivity contribution < 1.29 is 9.84 Å². The van der Waals surface area contributed by atoms with E-state index in [4.69, 9.17) is 4.74 Å². The Morgan fingerprint density at radius 2 is 2.05 bits per heavy atom. The first-order valence-corrected chi connectivity index (χ1v) is 7.71. The van der Waals surface area contributed by atoms with Crippen molar-refractivity contribution in [1.82, 2.24) is 25.5 Å². The molecular weight excluding hydrogens is 282 g/mol. The summed E-state index contributed by atoms with van der Waals surface area (Å²) in [4.78, 5) is 0. The molecule has 1 unspecified atom stereocenters. The molecule has 22 heavy (non-hydrogen) atoms. The maximum absolute atomic E-state index is 10.0. The zero-order valence-electron chi connectivity index (χ0n) is 12.4. The number of aliphatic hydroxyl groups is 1. The van der Waals surface area contributed by atoms with Gasteiger partial charge in [-0.1, -0.05) is 36.1 Å². The summed E-state index contributed by atoms with van der Waals surface area (Å²) in [7, 11) is 0. The van der Waals surface area contributed by atoms with Crippen molar-refractivity contribution in [2.75, 3.05) is 13.2 Å². The maximum atomic E-state index is 10.0. The smallest absolute Gasteiger partial charge is 0.340 e.